The summed E-state index contributed by atoms with van der Waals surface area (Å²) in [5.74, 6) is -1.64. The summed E-state index contributed by atoms with van der Waals surface area (Å²) in [7, 11) is 2.63. The first-order valence-corrected chi connectivity index (χ1v) is 17.0. The van der Waals surface area contributed by atoms with Crippen molar-refractivity contribution in [3.05, 3.63) is 0 Å². The summed E-state index contributed by atoms with van der Waals surface area (Å²) >= 11 is 0. The number of methoxy groups -OCH3 is 2. The molecule has 0 aromatic carbocycles. The molecule has 2 heterocycles. The van der Waals surface area contributed by atoms with Crippen LogP contribution >= 0.6 is 0 Å². The van der Waals surface area contributed by atoms with Crippen molar-refractivity contribution in [2.75, 3.05) is 34.0 Å². The van der Waals surface area contributed by atoms with Crippen LogP contribution in [0.15, 0.2) is 0 Å². The minimum atomic E-state index is -1.60. The van der Waals surface area contributed by atoms with Gasteiger partial charge < -0.3 is 53.2 Å². The van der Waals surface area contributed by atoms with Crippen molar-refractivity contribution < 1.29 is 72.9 Å². The number of aliphatic hydroxyl groups excluding tert-OH is 3. The van der Waals surface area contributed by atoms with Gasteiger partial charge in [-0.1, -0.05) is 0 Å². The maximum atomic E-state index is 12.9. The maximum absolute atomic E-state index is 12.9. The monoisotopic (exact) mass is 710 g/mol. The van der Waals surface area contributed by atoms with E-state index in [0.29, 0.717) is 19.4 Å². The van der Waals surface area contributed by atoms with Crippen LogP contribution in [0.5, 0.6) is 0 Å². The van der Waals surface area contributed by atoms with Crippen molar-refractivity contribution in [2.45, 2.75) is 172 Å². The maximum Gasteiger partial charge on any atom is 0.341 e. The van der Waals surface area contributed by atoms with Crippen molar-refractivity contribution in [3.8, 4) is 0 Å². The first-order valence-electron chi connectivity index (χ1n) is 17.0. The normalized spacial score (nSPS) is 27.4. The summed E-state index contributed by atoms with van der Waals surface area (Å²) in [5, 5.41) is 42.8. The van der Waals surface area contributed by atoms with Gasteiger partial charge >= 0.3 is 11.9 Å². The molecule has 0 aromatic heterocycles. The molecule has 2 saturated heterocycles. The molecule has 0 aromatic rings. The molecule has 9 atom stereocenters. The molecular formula is C34H62O15. The van der Waals surface area contributed by atoms with Crippen molar-refractivity contribution in [3.63, 3.8) is 0 Å². The number of carbonyl (C=O) groups excluding carboxylic acids is 2. The fraction of sp³-hybridized carbons (Fsp3) is 0.941. The topological polar surface area (TPSA) is 198 Å². The van der Waals surface area contributed by atoms with Crippen LogP contribution in [0, 0.1) is 0 Å². The lowest BCUT2D eigenvalue weighted by molar-refractivity contribution is -0.312. The Labute approximate surface area is 290 Å². The van der Waals surface area contributed by atoms with E-state index in [0.717, 1.165) is 12.8 Å². The smallest absolute Gasteiger partial charge is 0.341 e. The first-order chi connectivity index (χ1) is 22.6. The van der Waals surface area contributed by atoms with Gasteiger partial charge in [0.25, 0.3) is 0 Å². The third-order valence-corrected chi connectivity index (χ3v) is 8.88. The molecular weight excluding hydrogens is 648 g/mol. The van der Waals surface area contributed by atoms with E-state index in [-0.39, 0.29) is 25.7 Å². The van der Waals surface area contributed by atoms with Gasteiger partial charge in [0.05, 0.1) is 48.3 Å². The number of carbonyl (C=O) groups is 2. The summed E-state index contributed by atoms with van der Waals surface area (Å²) in [5.41, 5.74) is -3.55. The van der Waals surface area contributed by atoms with Gasteiger partial charge in [-0.25, -0.2) is 14.5 Å². The highest BCUT2D eigenvalue weighted by atomic mass is 17.1. The van der Waals surface area contributed by atoms with E-state index in [9.17, 15) is 30.2 Å². The zero-order valence-electron chi connectivity index (χ0n) is 31.1. The zero-order valence-corrected chi connectivity index (χ0v) is 31.1. The number of esters is 2. The predicted octanol–water partition coefficient (Wildman–Crippen LogP) is 2.33. The lowest BCUT2D eigenvalue weighted by Crippen LogP contribution is -2.66. The Balaban J connectivity index is 2.02. The lowest BCUT2D eigenvalue weighted by atomic mass is 9.86. The first kappa shape index (κ1) is 43.7. The second-order valence-corrected chi connectivity index (χ2v) is 15.6. The van der Waals surface area contributed by atoms with E-state index in [1.807, 2.05) is 13.8 Å². The van der Waals surface area contributed by atoms with Crippen LogP contribution in [0.2, 0.25) is 0 Å². The molecule has 0 radical (unpaired) electrons. The molecule has 4 N–H and O–H groups in total. The van der Waals surface area contributed by atoms with Crippen molar-refractivity contribution in [2.24, 2.45) is 0 Å². The minimum Gasteiger partial charge on any atom is -0.467 e. The van der Waals surface area contributed by atoms with Crippen molar-refractivity contribution >= 4 is 11.9 Å². The number of hydrogen-bond donors (Lipinski definition) is 4. The average Bonchev–Trinajstić information content (AvgIpc) is 3.53. The van der Waals surface area contributed by atoms with Crippen molar-refractivity contribution in [1.82, 2.24) is 0 Å². The van der Waals surface area contributed by atoms with E-state index in [1.165, 1.54) is 14.2 Å². The molecule has 288 valence electrons. The molecule has 0 bridgehead atoms. The van der Waals surface area contributed by atoms with Crippen molar-refractivity contribution in [1.29, 1.82) is 0 Å². The van der Waals surface area contributed by atoms with Crippen LogP contribution in [0.1, 0.15) is 94.4 Å². The molecule has 7 unspecified atom stereocenters. The van der Waals surface area contributed by atoms with Gasteiger partial charge in [0.1, 0.15) is 37.1 Å². The lowest BCUT2D eigenvalue weighted by Gasteiger charge is -2.48. The second kappa shape index (κ2) is 18.3. The second-order valence-electron chi connectivity index (χ2n) is 15.6. The van der Waals surface area contributed by atoms with Crippen LogP contribution in [-0.2, 0) is 52.4 Å². The minimum absolute atomic E-state index is 0.00112. The fourth-order valence-corrected chi connectivity index (χ4v) is 5.75. The number of rotatable bonds is 19. The van der Waals surface area contributed by atoms with Crippen LogP contribution in [-0.4, -0.2) is 144 Å². The largest absolute Gasteiger partial charge is 0.467 e. The predicted molar refractivity (Wildman–Crippen MR) is 175 cm³/mol. The molecule has 2 rings (SSSR count). The van der Waals surface area contributed by atoms with E-state index < -0.39 is 83.2 Å². The molecule has 2 aliphatic heterocycles. The Morgan fingerprint density at radius 2 is 1.59 bits per heavy atom. The summed E-state index contributed by atoms with van der Waals surface area (Å²) < 4.78 is 45.4. The SMILES string of the molecule is COC(=O)C1OC(C(C)(C)OC)C(O)C(O)[C@@H]1OC(C)(C)CCOC(C)(C)CCC(O)[C@H](OC(C)(C)C)C(OO)C(=O)OCC1CCCO1. The van der Waals surface area contributed by atoms with Gasteiger partial charge in [0.2, 0.25) is 6.10 Å². The Bertz CT molecular complexity index is 1020. The van der Waals surface area contributed by atoms with Crippen LogP contribution < -0.4 is 0 Å². The van der Waals surface area contributed by atoms with Gasteiger partial charge in [0, 0.05) is 13.7 Å². The molecule has 49 heavy (non-hydrogen) atoms. The van der Waals surface area contributed by atoms with Gasteiger partial charge in [-0.2, -0.15) is 0 Å². The number of hydrogen-bond acceptors (Lipinski definition) is 15. The average molecular weight is 711 g/mol. The number of aliphatic hydroxyl groups is 3. The Hall–Kier alpha value is -1.50. The van der Waals surface area contributed by atoms with Crippen LogP contribution in [0.25, 0.3) is 0 Å². The van der Waals surface area contributed by atoms with Gasteiger partial charge in [-0.05, 0) is 94.4 Å². The fourth-order valence-electron chi connectivity index (χ4n) is 5.75. The molecule has 2 aliphatic rings. The zero-order chi connectivity index (χ0) is 37.4. The third kappa shape index (κ3) is 13.2. The number of ether oxygens (including phenoxy) is 8. The van der Waals surface area contributed by atoms with E-state index >= 15 is 0 Å². The molecule has 0 aliphatic carbocycles. The summed E-state index contributed by atoms with van der Waals surface area (Å²) in [6.07, 6.45) is -8.46. The molecule has 2 fully saturated rings. The Morgan fingerprint density at radius 1 is 0.939 bits per heavy atom. The van der Waals surface area contributed by atoms with Gasteiger partial charge in [-0.3, -0.25) is 5.26 Å². The highest BCUT2D eigenvalue weighted by molar-refractivity contribution is 5.76. The summed E-state index contributed by atoms with van der Waals surface area (Å²) in [4.78, 5) is 30.1. The van der Waals surface area contributed by atoms with Gasteiger partial charge in [0.15, 0.2) is 6.10 Å². The molecule has 0 saturated carbocycles. The highest BCUT2D eigenvalue weighted by Gasteiger charge is 2.54. The summed E-state index contributed by atoms with van der Waals surface area (Å²) in [6, 6.07) is 0. The summed E-state index contributed by atoms with van der Waals surface area (Å²) in [6.45, 7) is 16.6. The Kier molecular flexibility index (Phi) is 16.3. The van der Waals surface area contributed by atoms with Crippen LogP contribution in [0.4, 0.5) is 0 Å². The molecule has 15 nitrogen and oxygen atoms in total. The Morgan fingerprint density at radius 3 is 2.12 bits per heavy atom. The van der Waals surface area contributed by atoms with Crippen LogP contribution in [0.3, 0.4) is 0 Å². The standard InChI is InChI=1S/C34H62O15/c1-31(2,3)47-24(27(49-40)30(39)44-19-20-13-12-17-43-20)21(35)14-15-32(4,5)45-18-16-33(6,7)48-25-22(36)23(37)28(34(8,9)42-11)46-26(25)29(38)41-10/h20-28,35-37,40H,12-19H2,1-11H3/t20?,21?,22?,23?,24-,25-,26?,27?,28?/m0/s1. The van der Waals surface area contributed by atoms with E-state index in [1.54, 1.807) is 48.5 Å². The highest BCUT2D eigenvalue weighted by Crippen LogP contribution is 2.35. The van der Waals surface area contributed by atoms with E-state index in [4.69, 9.17) is 37.9 Å². The molecule has 0 spiro atoms. The molecule has 0 amide bonds. The molecule has 15 heteroatoms. The van der Waals surface area contributed by atoms with E-state index in [2.05, 4.69) is 4.89 Å². The quantitative estimate of drug-likeness (QED) is 0.0865. The third-order valence-electron chi connectivity index (χ3n) is 8.88. The van der Waals surface area contributed by atoms with Gasteiger partial charge in [-0.15, -0.1) is 0 Å².